The summed E-state index contributed by atoms with van der Waals surface area (Å²) in [5.41, 5.74) is 1.88. The Kier molecular flexibility index (Phi) is 5.80. The standard InChI is InChI=1S/C21H24BFN4O3S/c1-20(2)21(3,4)30-22(29-20)15-5-6-17-16(13-15)26-18(27(17)31-23)19(28)25-12-9-14-7-10-24-11-8-14/h5-8,10-11,13H,9,12H2,1-4H3,(H,25,28). The normalized spacial score (nSPS) is 17.3. The van der Waals surface area contributed by atoms with Crippen molar-refractivity contribution in [1.29, 1.82) is 0 Å². The van der Waals surface area contributed by atoms with E-state index in [9.17, 15) is 8.68 Å². The minimum Gasteiger partial charge on any atom is -0.399 e. The number of nitrogens with one attached hydrogen (secondary N) is 1. The van der Waals surface area contributed by atoms with Crippen molar-refractivity contribution in [2.24, 2.45) is 0 Å². The van der Waals surface area contributed by atoms with Crippen molar-refractivity contribution in [3.8, 4) is 0 Å². The van der Waals surface area contributed by atoms with Crippen molar-refractivity contribution in [3.63, 3.8) is 0 Å². The number of halogens is 1. The number of fused-ring (bicyclic) bond motifs is 1. The van der Waals surface area contributed by atoms with Crippen LogP contribution in [0, 0.1) is 0 Å². The molecular weight excluding hydrogens is 418 g/mol. The fraction of sp³-hybridized carbons (Fsp3) is 0.381. The summed E-state index contributed by atoms with van der Waals surface area (Å²) >= 11 is -0.0501. The van der Waals surface area contributed by atoms with E-state index in [1.807, 2.05) is 45.9 Å². The lowest BCUT2D eigenvalue weighted by molar-refractivity contribution is 0.00578. The third kappa shape index (κ3) is 4.19. The van der Waals surface area contributed by atoms with Gasteiger partial charge in [-0.2, -0.15) is 0 Å². The minimum absolute atomic E-state index is 0.00305. The number of hydrogen-bond donors (Lipinski definition) is 1. The molecule has 3 heterocycles. The van der Waals surface area contributed by atoms with Crippen LogP contribution < -0.4 is 10.8 Å². The highest BCUT2D eigenvalue weighted by Gasteiger charge is 2.51. The molecule has 0 unspecified atom stereocenters. The molecule has 1 amide bonds. The quantitative estimate of drug-likeness (QED) is 0.592. The van der Waals surface area contributed by atoms with E-state index in [0.717, 1.165) is 11.0 Å². The summed E-state index contributed by atoms with van der Waals surface area (Å²) < 4.78 is 27.1. The van der Waals surface area contributed by atoms with E-state index in [4.69, 9.17) is 9.31 Å². The van der Waals surface area contributed by atoms with E-state index in [1.165, 1.54) is 3.97 Å². The second-order valence-corrected chi connectivity index (χ2v) is 9.00. The molecule has 31 heavy (non-hydrogen) atoms. The predicted octanol–water partition coefficient (Wildman–Crippen LogP) is 3.08. The van der Waals surface area contributed by atoms with Crippen molar-refractivity contribution in [2.75, 3.05) is 6.54 Å². The van der Waals surface area contributed by atoms with Gasteiger partial charge in [-0.05, 0) is 69.4 Å². The predicted molar refractivity (Wildman–Crippen MR) is 120 cm³/mol. The number of benzene rings is 1. The van der Waals surface area contributed by atoms with Crippen LogP contribution in [0.25, 0.3) is 11.0 Å². The largest absolute Gasteiger partial charge is 0.494 e. The molecule has 0 spiro atoms. The minimum atomic E-state index is -0.560. The number of imidazole rings is 1. The van der Waals surface area contributed by atoms with Crippen LogP contribution in [0.15, 0.2) is 42.7 Å². The molecule has 0 radical (unpaired) electrons. The molecule has 1 fully saturated rings. The van der Waals surface area contributed by atoms with E-state index in [0.29, 0.717) is 24.0 Å². The average molecular weight is 442 g/mol. The van der Waals surface area contributed by atoms with Crippen LogP contribution in [-0.4, -0.2) is 44.7 Å². The van der Waals surface area contributed by atoms with Gasteiger partial charge in [-0.1, -0.05) is 6.07 Å². The maximum Gasteiger partial charge on any atom is 0.494 e. The molecule has 1 aliphatic rings. The number of hydrogen-bond acceptors (Lipinski definition) is 6. The van der Waals surface area contributed by atoms with Gasteiger partial charge in [0.15, 0.2) is 12.3 Å². The number of carbonyl (C=O) groups is 1. The Morgan fingerprint density at radius 1 is 1.16 bits per heavy atom. The molecule has 2 aromatic heterocycles. The van der Waals surface area contributed by atoms with Crippen LogP contribution in [-0.2, 0) is 15.7 Å². The summed E-state index contributed by atoms with van der Waals surface area (Å²) in [6, 6.07) is 9.08. The van der Waals surface area contributed by atoms with Crippen LogP contribution >= 0.6 is 12.3 Å². The van der Waals surface area contributed by atoms with Crippen LogP contribution in [0.1, 0.15) is 43.9 Å². The third-order valence-corrected chi connectivity index (χ3v) is 6.39. The molecular formula is C21H24BFN4O3S. The Hall–Kier alpha value is -2.43. The molecule has 0 saturated carbocycles. The lowest BCUT2D eigenvalue weighted by Gasteiger charge is -2.32. The molecule has 1 N–H and O–H groups in total. The van der Waals surface area contributed by atoms with Crippen molar-refractivity contribution in [2.45, 2.75) is 45.3 Å². The summed E-state index contributed by atoms with van der Waals surface area (Å²) in [6.45, 7) is 8.33. The molecule has 7 nitrogen and oxygen atoms in total. The second-order valence-electron chi connectivity index (χ2n) is 8.50. The fourth-order valence-corrected chi connectivity index (χ4v) is 3.78. The summed E-state index contributed by atoms with van der Waals surface area (Å²) in [4.78, 5) is 21.0. The molecule has 162 valence electrons. The molecule has 0 atom stereocenters. The number of amides is 1. The molecule has 0 bridgehead atoms. The van der Waals surface area contributed by atoms with Crippen LogP contribution in [0.2, 0.25) is 0 Å². The summed E-state index contributed by atoms with van der Waals surface area (Å²) in [7, 11) is -0.560. The lowest BCUT2D eigenvalue weighted by atomic mass is 9.79. The zero-order chi connectivity index (χ0) is 22.2. The van der Waals surface area contributed by atoms with Crippen LogP contribution in [0.5, 0.6) is 0 Å². The first kappa shape index (κ1) is 21.8. The summed E-state index contributed by atoms with van der Waals surface area (Å²) in [5.74, 6) is -0.434. The lowest BCUT2D eigenvalue weighted by Crippen LogP contribution is -2.41. The fourth-order valence-electron chi connectivity index (χ4n) is 3.36. The van der Waals surface area contributed by atoms with E-state index in [2.05, 4.69) is 15.3 Å². The summed E-state index contributed by atoms with van der Waals surface area (Å²) in [5, 5.41) is 2.80. The van der Waals surface area contributed by atoms with Gasteiger partial charge in [0.1, 0.15) is 0 Å². The van der Waals surface area contributed by atoms with Gasteiger partial charge in [0.25, 0.3) is 5.91 Å². The van der Waals surface area contributed by atoms with Crippen LogP contribution in [0.4, 0.5) is 3.89 Å². The molecule has 3 aromatic rings. The van der Waals surface area contributed by atoms with Gasteiger partial charge < -0.3 is 14.6 Å². The first-order valence-electron chi connectivity index (χ1n) is 10.1. The monoisotopic (exact) mass is 442 g/mol. The van der Waals surface area contributed by atoms with E-state index < -0.39 is 24.2 Å². The maximum absolute atomic E-state index is 13.7. The van der Waals surface area contributed by atoms with Crippen LogP contribution in [0.3, 0.4) is 0 Å². The van der Waals surface area contributed by atoms with Crippen molar-refractivity contribution in [3.05, 3.63) is 54.1 Å². The number of carbonyl (C=O) groups excluding carboxylic acids is 1. The molecule has 4 rings (SSSR count). The van der Waals surface area contributed by atoms with Gasteiger partial charge in [0.05, 0.1) is 22.2 Å². The zero-order valence-electron chi connectivity index (χ0n) is 17.9. The Bertz CT molecular complexity index is 1090. The zero-order valence-corrected chi connectivity index (χ0v) is 18.7. The van der Waals surface area contributed by atoms with Crippen molar-refractivity contribution >= 4 is 41.9 Å². The molecule has 0 aliphatic carbocycles. The van der Waals surface area contributed by atoms with Gasteiger partial charge in [-0.3, -0.25) is 9.78 Å². The van der Waals surface area contributed by atoms with Crippen molar-refractivity contribution < 1.29 is 18.0 Å². The molecule has 10 heteroatoms. The second kappa shape index (κ2) is 8.25. The summed E-state index contributed by atoms with van der Waals surface area (Å²) in [6.07, 6.45) is 4.05. The third-order valence-electron chi connectivity index (χ3n) is 5.88. The Balaban J connectivity index is 1.54. The van der Waals surface area contributed by atoms with E-state index >= 15 is 0 Å². The SMILES string of the molecule is CC1(C)OB(c2ccc3c(c2)nc(C(=O)NCCc2ccncc2)n3SF)OC1(C)C. The van der Waals surface area contributed by atoms with Gasteiger partial charge in [0, 0.05) is 18.9 Å². The first-order chi connectivity index (χ1) is 14.7. The average Bonchev–Trinajstić information content (AvgIpc) is 3.21. The number of rotatable bonds is 6. The maximum atomic E-state index is 13.7. The van der Waals surface area contributed by atoms with E-state index in [-0.39, 0.29) is 18.2 Å². The smallest absolute Gasteiger partial charge is 0.399 e. The molecule has 1 aromatic carbocycles. The Morgan fingerprint density at radius 3 is 2.48 bits per heavy atom. The Labute approximate surface area is 185 Å². The van der Waals surface area contributed by atoms with Gasteiger partial charge in [-0.15, -0.1) is 3.89 Å². The molecule has 1 aliphatic heterocycles. The highest BCUT2D eigenvalue weighted by molar-refractivity contribution is 7.93. The molecule has 1 saturated heterocycles. The topological polar surface area (TPSA) is 78.3 Å². The highest BCUT2D eigenvalue weighted by Crippen LogP contribution is 2.36. The van der Waals surface area contributed by atoms with Crippen molar-refractivity contribution in [1.82, 2.24) is 19.3 Å². The van der Waals surface area contributed by atoms with Gasteiger partial charge in [0.2, 0.25) is 5.82 Å². The number of pyridine rings is 1. The van der Waals surface area contributed by atoms with E-state index in [1.54, 1.807) is 24.5 Å². The number of aromatic nitrogens is 3. The number of nitrogens with zero attached hydrogens (tertiary/aromatic N) is 3. The first-order valence-corrected chi connectivity index (χ1v) is 10.7. The van der Waals surface area contributed by atoms with Gasteiger partial charge in [-0.25, -0.2) is 8.96 Å². The Morgan fingerprint density at radius 2 is 1.84 bits per heavy atom. The van der Waals surface area contributed by atoms with Gasteiger partial charge >= 0.3 is 7.12 Å². The highest BCUT2D eigenvalue weighted by atomic mass is 32.2.